The predicted octanol–water partition coefficient (Wildman–Crippen LogP) is 5.39. The maximum absolute atomic E-state index is 14.5. The highest BCUT2D eigenvalue weighted by atomic mass is 19.4. The van der Waals surface area contributed by atoms with Crippen molar-refractivity contribution in [2.24, 2.45) is 5.92 Å². The van der Waals surface area contributed by atoms with E-state index in [1.165, 1.54) is 12.1 Å². The largest absolute Gasteiger partial charge is 0.573 e. The monoisotopic (exact) mass is 360 g/mol. The van der Waals surface area contributed by atoms with Crippen LogP contribution >= 0.6 is 0 Å². The molecule has 2 aliphatic rings. The number of halogens is 4. The van der Waals surface area contributed by atoms with Gasteiger partial charge in [0, 0.05) is 0 Å². The zero-order valence-corrected chi connectivity index (χ0v) is 13.7. The van der Waals surface area contributed by atoms with Gasteiger partial charge in [0.25, 0.3) is 0 Å². The average molecular weight is 360 g/mol. The third kappa shape index (κ3) is 5.28. The molecule has 3 nitrogen and oxygen atoms in total. The summed E-state index contributed by atoms with van der Waals surface area (Å²) in [5, 5.41) is 0. The van der Waals surface area contributed by atoms with Crippen LogP contribution in [0.15, 0.2) is 24.3 Å². The van der Waals surface area contributed by atoms with Crippen LogP contribution in [-0.2, 0) is 0 Å². The summed E-state index contributed by atoms with van der Waals surface area (Å²) in [4.78, 5) is 0. The summed E-state index contributed by atoms with van der Waals surface area (Å²) < 4.78 is 67.1. The van der Waals surface area contributed by atoms with Crippen LogP contribution in [0.2, 0.25) is 0 Å². The van der Waals surface area contributed by atoms with Crippen molar-refractivity contribution in [2.75, 3.05) is 6.61 Å². The summed E-state index contributed by atoms with van der Waals surface area (Å²) in [6.45, 7) is 0.0850. The topological polar surface area (TPSA) is 27.7 Å². The quantitative estimate of drug-likeness (QED) is 0.482. The molecular formula is C18H20F4O3. The van der Waals surface area contributed by atoms with Crippen molar-refractivity contribution in [1.29, 1.82) is 0 Å². The molecule has 0 bridgehead atoms. The van der Waals surface area contributed by atoms with E-state index in [4.69, 9.17) is 9.47 Å². The number of hydrogen-bond donors (Lipinski definition) is 0. The Hall–Kier alpha value is -1.92. The number of ether oxygens (including phenoxy) is 3. The predicted molar refractivity (Wildman–Crippen MR) is 83.3 cm³/mol. The Bertz CT molecular complexity index is 617. The molecule has 0 unspecified atom stereocenters. The zero-order chi connectivity index (χ0) is 17.9. The molecule has 0 radical (unpaired) electrons. The second-order valence-corrected chi connectivity index (χ2v) is 6.35. The molecule has 0 N–H and O–H groups in total. The molecule has 0 atom stereocenters. The number of benzene rings is 1. The third-order valence-corrected chi connectivity index (χ3v) is 4.20. The van der Waals surface area contributed by atoms with Crippen LogP contribution in [0.25, 0.3) is 0 Å². The smallest absolute Gasteiger partial charge is 0.486 e. The van der Waals surface area contributed by atoms with E-state index < -0.39 is 17.9 Å². The number of rotatable bonds is 7. The molecule has 0 spiro atoms. The number of alkyl halides is 3. The molecule has 2 aliphatic carbocycles. The molecule has 7 heteroatoms. The van der Waals surface area contributed by atoms with Gasteiger partial charge in [-0.15, -0.1) is 13.2 Å². The van der Waals surface area contributed by atoms with Crippen molar-refractivity contribution in [3.8, 4) is 17.2 Å². The average Bonchev–Trinajstić information content (AvgIpc) is 3.22. The molecule has 0 amide bonds. The number of allylic oxidation sites excluding steroid dienone is 1. The molecule has 25 heavy (non-hydrogen) atoms. The Morgan fingerprint density at radius 2 is 1.72 bits per heavy atom. The summed E-state index contributed by atoms with van der Waals surface area (Å²) in [5.41, 5.74) is 0. The van der Waals surface area contributed by atoms with E-state index in [0.29, 0.717) is 5.92 Å². The molecule has 0 heterocycles. The fourth-order valence-electron chi connectivity index (χ4n) is 2.80. The van der Waals surface area contributed by atoms with E-state index in [9.17, 15) is 17.6 Å². The first kappa shape index (κ1) is 17.9. The minimum atomic E-state index is -5.01. The van der Waals surface area contributed by atoms with E-state index in [1.807, 2.05) is 6.08 Å². The third-order valence-electron chi connectivity index (χ3n) is 4.20. The van der Waals surface area contributed by atoms with E-state index >= 15 is 0 Å². The summed E-state index contributed by atoms with van der Waals surface area (Å²) in [7, 11) is 0. The van der Waals surface area contributed by atoms with Crippen LogP contribution in [-0.4, -0.2) is 19.1 Å². The van der Waals surface area contributed by atoms with E-state index in [1.54, 1.807) is 6.08 Å². The molecule has 0 aromatic heterocycles. The Kier molecular flexibility index (Phi) is 5.39. The van der Waals surface area contributed by atoms with Crippen LogP contribution in [0.3, 0.4) is 0 Å². The first-order valence-electron chi connectivity index (χ1n) is 8.47. The zero-order valence-electron chi connectivity index (χ0n) is 13.7. The Labute approximate surface area is 143 Å². The normalized spacial score (nSPS) is 18.7. The van der Waals surface area contributed by atoms with Gasteiger partial charge in [0.1, 0.15) is 6.61 Å². The summed E-state index contributed by atoms with van der Waals surface area (Å²) in [5.74, 6) is -2.17. The lowest BCUT2D eigenvalue weighted by atomic mass is 10.2. The molecule has 2 saturated carbocycles. The van der Waals surface area contributed by atoms with E-state index in [0.717, 1.165) is 38.5 Å². The van der Waals surface area contributed by atoms with Gasteiger partial charge in [-0.1, -0.05) is 12.2 Å². The van der Waals surface area contributed by atoms with Crippen molar-refractivity contribution in [3.63, 3.8) is 0 Å². The number of hydrogen-bond acceptors (Lipinski definition) is 3. The SMILES string of the molecule is Fc1c(OC/C=C/C2CC2)ccc(OC2CCCC2)c1OC(F)(F)F. The minimum Gasteiger partial charge on any atom is -0.486 e. The lowest BCUT2D eigenvalue weighted by Gasteiger charge is -2.19. The summed E-state index contributed by atoms with van der Waals surface area (Å²) in [6, 6.07) is 2.54. The van der Waals surface area contributed by atoms with Crippen LogP contribution < -0.4 is 14.2 Å². The molecule has 0 aliphatic heterocycles. The van der Waals surface area contributed by atoms with Gasteiger partial charge >= 0.3 is 6.36 Å². The lowest BCUT2D eigenvalue weighted by molar-refractivity contribution is -0.276. The standard InChI is InChI=1S/C18H20F4O3/c19-16-14(23-11-3-4-12-7-8-12)9-10-15(17(16)25-18(20,21)22)24-13-5-1-2-6-13/h3-4,9-10,12-13H,1-2,5-8,11H2/b4-3+. The molecule has 138 valence electrons. The fourth-order valence-corrected chi connectivity index (χ4v) is 2.80. The van der Waals surface area contributed by atoms with Crippen molar-refractivity contribution in [2.45, 2.75) is 51.0 Å². The Morgan fingerprint density at radius 3 is 2.36 bits per heavy atom. The van der Waals surface area contributed by atoms with E-state index in [-0.39, 0.29) is 24.2 Å². The molecule has 1 aromatic rings. The first-order chi connectivity index (χ1) is 11.9. The van der Waals surface area contributed by atoms with Gasteiger partial charge in [0.05, 0.1) is 6.10 Å². The maximum Gasteiger partial charge on any atom is 0.573 e. The fraction of sp³-hybridized carbons (Fsp3) is 0.556. The van der Waals surface area contributed by atoms with Gasteiger partial charge in [0.15, 0.2) is 11.5 Å². The van der Waals surface area contributed by atoms with Gasteiger partial charge in [-0.25, -0.2) is 0 Å². The second-order valence-electron chi connectivity index (χ2n) is 6.35. The van der Waals surface area contributed by atoms with E-state index in [2.05, 4.69) is 4.74 Å². The summed E-state index contributed by atoms with van der Waals surface area (Å²) in [6.07, 6.45) is 4.07. The maximum atomic E-state index is 14.5. The van der Waals surface area contributed by atoms with Crippen LogP contribution in [0, 0.1) is 11.7 Å². The molecule has 2 fully saturated rings. The molecule has 3 rings (SSSR count). The lowest BCUT2D eigenvalue weighted by Crippen LogP contribution is -2.20. The first-order valence-corrected chi connectivity index (χ1v) is 8.47. The van der Waals surface area contributed by atoms with Gasteiger partial charge in [-0.05, 0) is 56.6 Å². The van der Waals surface area contributed by atoms with Crippen molar-refractivity contribution in [1.82, 2.24) is 0 Å². The van der Waals surface area contributed by atoms with Crippen LogP contribution in [0.1, 0.15) is 38.5 Å². The van der Waals surface area contributed by atoms with Gasteiger partial charge in [-0.3, -0.25) is 0 Å². The second kappa shape index (κ2) is 7.54. The highest BCUT2D eigenvalue weighted by molar-refractivity contribution is 5.47. The molecular weight excluding hydrogens is 340 g/mol. The van der Waals surface area contributed by atoms with Crippen molar-refractivity contribution >= 4 is 0 Å². The van der Waals surface area contributed by atoms with Crippen molar-refractivity contribution < 1.29 is 31.8 Å². The molecule has 1 aromatic carbocycles. The highest BCUT2D eigenvalue weighted by Crippen LogP contribution is 2.41. The molecule has 0 saturated heterocycles. The minimum absolute atomic E-state index is 0.0850. The Morgan fingerprint density at radius 1 is 1.04 bits per heavy atom. The summed E-state index contributed by atoms with van der Waals surface area (Å²) >= 11 is 0. The van der Waals surface area contributed by atoms with Crippen LogP contribution in [0.5, 0.6) is 17.2 Å². The highest BCUT2D eigenvalue weighted by Gasteiger charge is 2.35. The van der Waals surface area contributed by atoms with Gasteiger partial charge < -0.3 is 14.2 Å². The Balaban J connectivity index is 1.75. The van der Waals surface area contributed by atoms with Crippen molar-refractivity contribution in [3.05, 3.63) is 30.1 Å². The van der Waals surface area contributed by atoms with Gasteiger partial charge in [-0.2, -0.15) is 4.39 Å². The van der Waals surface area contributed by atoms with Crippen LogP contribution in [0.4, 0.5) is 17.6 Å². The van der Waals surface area contributed by atoms with Gasteiger partial charge in [0.2, 0.25) is 11.6 Å².